The van der Waals surface area contributed by atoms with Gasteiger partial charge in [0.15, 0.2) is 0 Å². The van der Waals surface area contributed by atoms with Crippen LogP contribution in [0.4, 0.5) is 0 Å². The SMILES string of the molecule is CC.Cc1sc2c(c1C)=CCCC=2. The molecule has 0 fully saturated rings. The van der Waals surface area contributed by atoms with Crippen molar-refractivity contribution < 1.29 is 0 Å². The topological polar surface area (TPSA) is 0 Å². The third kappa shape index (κ3) is 2.02. The summed E-state index contributed by atoms with van der Waals surface area (Å²) in [7, 11) is 0. The predicted molar refractivity (Wildman–Crippen MR) is 62.6 cm³/mol. The Morgan fingerprint density at radius 3 is 2.31 bits per heavy atom. The van der Waals surface area contributed by atoms with Crippen LogP contribution in [0.2, 0.25) is 0 Å². The molecule has 1 aliphatic rings. The lowest BCUT2D eigenvalue weighted by atomic mass is 10.1. The summed E-state index contributed by atoms with van der Waals surface area (Å²) in [5, 5.41) is 1.50. The molecule has 1 heterocycles. The van der Waals surface area contributed by atoms with Gasteiger partial charge in [0, 0.05) is 9.41 Å². The Morgan fingerprint density at radius 1 is 1.08 bits per heavy atom. The van der Waals surface area contributed by atoms with Crippen LogP contribution in [0.25, 0.3) is 12.2 Å². The lowest BCUT2D eigenvalue weighted by molar-refractivity contribution is 1.12. The number of hydrogen-bond donors (Lipinski definition) is 0. The second kappa shape index (κ2) is 4.61. The van der Waals surface area contributed by atoms with E-state index in [1.54, 1.807) is 0 Å². The molecule has 0 saturated carbocycles. The molecule has 1 heteroatoms. The molecule has 0 amide bonds. The molecule has 0 unspecified atom stereocenters. The monoisotopic (exact) mass is 194 g/mol. The highest BCUT2D eigenvalue weighted by Gasteiger charge is 2.01. The van der Waals surface area contributed by atoms with Crippen molar-refractivity contribution in [2.24, 2.45) is 0 Å². The maximum absolute atomic E-state index is 2.37. The van der Waals surface area contributed by atoms with Gasteiger partial charge in [-0.3, -0.25) is 0 Å². The summed E-state index contributed by atoms with van der Waals surface area (Å²) in [5.41, 5.74) is 1.49. The van der Waals surface area contributed by atoms with Crippen LogP contribution < -0.4 is 9.75 Å². The van der Waals surface area contributed by atoms with Crippen LogP contribution in [0.1, 0.15) is 37.1 Å². The lowest BCUT2D eigenvalue weighted by Gasteiger charge is -1.93. The first-order valence-electron chi connectivity index (χ1n) is 5.05. The number of fused-ring (bicyclic) bond motifs is 1. The molecule has 0 N–H and O–H groups in total. The Hall–Kier alpha value is -0.560. The Bertz CT molecular complexity index is 382. The molecule has 0 aromatic carbocycles. The maximum atomic E-state index is 2.37. The smallest absolute Gasteiger partial charge is 0.0305 e. The average molecular weight is 194 g/mol. The quantitative estimate of drug-likeness (QED) is 0.596. The first kappa shape index (κ1) is 10.5. The third-order valence-electron chi connectivity index (χ3n) is 2.31. The van der Waals surface area contributed by atoms with E-state index in [2.05, 4.69) is 26.0 Å². The maximum Gasteiger partial charge on any atom is 0.0305 e. The fourth-order valence-electron chi connectivity index (χ4n) is 1.52. The summed E-state index contributed by atoms with van der Waals surface area (Å²) in [4.78, 5) is 1.48. The summed E-state index contributed by atoms with van der Waals surface area (Å²) in [6.07, 6.45) is 7.19. The first-order chi connectivity index (χ1) is 6.29. The minimum absolute atomic E-state index is 1.23. The van der Waals surface area contributed by atoms with Crippen molar-refractivity contribution in [3.63, 3.8) is 0 Å². The van der Waals surface area contributed by atoms with Gasteiger partial charge in [-0.05, 0) is 37.5 Å². The van der Waals surface area contributed by atoms with Gasteiger partial charge >= 0.3 is 0 Å². The van der Waals surface area contributed by atoms with Crippen LogP contribution in [0, 0.1) is 13.8 Å². The van der Waals surface area contributed by atoms with Gasteiger partial charge in [-0.25, -0.2) is 0 Å². The van der Waals surface area contributed by atoms with Crippen molar-refractivity contribution in [3.05, 3.63) is 20.2 Å². The molecular weight excluding hydrogens is 176 g/mol. The van der Waals surface area contributed by atoms with Crippen molar-refractivity contribution in [1.29, 1.82) is 0 Å². The highest BCUT2D eigenvalue weighted by atomic mass is 32.1. The minimum Gasteiger partial charge on any atom is -0.141 e. The molecular formula is C12H18S. The van der Waals surface area contributed by atoms with Crippen LogP contribution >= 0.6 is 11.3 Å². The number of rotatable bonds is 0. The van der Waals surface area contributed by atoms with Crippen LogP contribution in [-0.2, 0) is 0 Å². The van der Waals surface area contributed by atoms with E-state index in [0.717, 1.165) is 0 Å². The molecule has 0 nitrogen and oxygen atoms in total. The second-order valence-corrected chi connectivity index (χ2v) is 4.30. The van der Waals surface area contributed by atoms with Gasteiger partial charge in [0.05, 0.1) is 0 Å². The van der Waals surface area contributed by atoms with Gasteiger partial charge in [0.25, 0.3) is 0 Å². The van der Waals surface area contributed by atoms with Gasteiger partial charge < -0.3 is 0 Å². The molecule has 13 heavy (non-hydrogen) atoms. The van der Waals surface area contributed by atoms with Gasteiger partial charge in [0.2, 0.25) is 0 Å². The average Bonchev–Trinajstić information content (AvgIpc) is 2.47. The molecule has 0 atom stereocenters. The van der Waals surface area contributed by atoms with Crippen LogP contribution in [-0.4, -0.2) is 0 Å². The minimum atomic E-state index is 1.23. The second-order valence-electron chi connectivity index (χ2n) is 3.05. The summed E-state index contributed by atoms with van der Waals surface area (Å²) < 4.78 is 1.49. The molecule has 0 aliphatic heterocycles. The first-order valence-corrected chi connectivity index (χ1v) is 5.87. The molecule has 2 rings (SSSR count). The van der Waals surface area contributed by atoms with Crippen molar-refractivity contribution in [2.45, 2.75) is 40.5 Å². The molecule has 1 aliphatic carbocycles. The fraction of sp³-hybridized carbons (Fsp3) is 0.500. The Balaban J connectivity index is 0.000000396. The molecule has 0 spiro atoms. The van der Waals surface area contributed by atoms with E-state index < -0.39 is 0 Å². The van der Waals surface area contributed by atoms with E-state index in [0.29, 0.717) is 0 Å². The van der Waals surface area contributed by atoms with Gasteiger partial charge in [-0.15, -0.1) is 11.3 Å². The van der Waals surface area contributed by atoms with Crippen molar-refractivity contribution >= 4 is 23.5 Å². The van der Waals surface area contributed by atoms with E-state index in [-0.39, 0.29) is 0 Å². The van der Waals surface area contributed by atoms with Gasteiger partial charge in [-0.1, -0.05) is 26.0 Å². The predicted octanol–water partition coefficient (Wildman–Crippen LogP) is 2.75. The molecule has 1 aromatic rings. The molecule has 0 radical (unpaired) electrons. The van der Waals surface area contributed by atoms with E-state index in [4.69, 9.17) is 0 Å². The lowest BCUT2D eigenvalue weighted by Crippen LogP contribution is -2.22. The van der Waals surface area contributed by atoms with Crippen molar-refractivity contribution in [2.75, 3.05) is 0 Å². The highest BCUT2D eigenvalue weighted by molar-refractivity contribution is 7.09. The standard InChI is InChI=1S/C10H12S.C2H6/c1-7-8(2)11-10-6-4-3-5-9(7)10;1-2/h5-6H,3-4H2,1-2H3;1-2H3. The largest absolute Gasteiger partial charge is 0.141 e. The van der Waals surface area contributed by atoms with Gasteiger partial charge in [0.1, 0.15) is 0 Å². The fourth-order valence-corrected chi connectivity index (χ4v) is 2.66. The van der Waals surface area contributed by atoms with Crippen molar-refractivity contribution in [1.82, 2.24) is 0 Å². The van der Waals surface area contributed by atoms with Crippen molar-refractivity contribution in [3.8, 4) is 0 Å². The summed E-state index contributed by atoms with van der Waals surface area (Å²) in [6.45, 7) is 8.43. The van der Waals surface area contributed by atoms with Crippen LogP contribution in [0.15, 0.2) is 0 Å². The van der Waals surface area contributed by atoms with E-state index in [1.807, 2.05) is 25.2 Å². The van der Waals surface area contributed by atoms with Crippen LogP contribution in [0.5, 0.6) is 0 Å². The van der Waals surface area contributed by atoms with E-state index in [9.17, 15) is 0 Å². The summed E-state index contributed by atoms with van der Waals surface area (Å²) >= 11 is 1.93. The summed E-state index contributed by atoms with van der Waals surface area (Å²) in [5.74, 6) is 0. The summed E-state index contributed by atoms with van der Waals surface area (Å²) in [6, 6.07) is 0. The Kier molecular flexibility index (Phi) is 3.73. The molecule has 1 aromatic heterocycles. The zero-order valence-electron chi connectivity index (χ0n) is 8.98. The van der Waals surface area contributed by atoms with Gasteiger partial charge in [-0.2, -0.15) is 0 Å². The molecule has 72 valence electrons. The highest BCUT2D eigenvalue weighted by Crippen LogP contribution is 2.07. The normalized spacial score (nSPS) is 13.2. The number of hydrogen-bond acceptors (Lipinski definition) is 1. The number of aryl methyl sites for hydroxylation is 1. The van der Waals surface area contributed by atoms with E-state index >= 15 is 0 Å². The zero-order chi connectivity index (χ0) is 9.84. The molecule has 0 saturated heterocycles. The Morgan fingerprint density at radius 2 is 1.69 bits per heavy atom. The zero-order valence-corrected chi connectivity index (χ0v) is 9.79. The Labute approximate surface area is 84.6 Å². The molecule has 0 bridgehead atoms. The van der Waals surface area contributed by atoms with Crippen LogP contribution in [0.3, 0.4) is 0 Å². The van der Waals surface area contributed by atoms with E-state index in [1.165, 1.54) is 33.0 Å². The number of thiophene rings is 1. The third-order valence-corrected chi connectivity index (χ3v) is 3.52.